The van der Waals surface area contributed by atoms with Gasteiger partial charge in [0.25, 0.3) is 5.69 Å². The number of aromatic hydroxyl groups is 1. The highest BCUT2D eigenvalue weighted by Crippen LogP contribution is 2.35. The number of amides is 1. The van der Waals surface area contributed by atoms with Gasteiger partial charge >= 0.3 is 17.7 Å². The van der Waals surface area contributed by atoms with E-state index in [-0.39, 0.29) is 5.56 Å². The molecule has 142 valence electrons. The Kier molecular flexibility index (Phi) is 6.05. The normalized spacial score (nSPS) is 12.1. The minimum absolute atomic E-state index is 0.380. The Morgan fingerprint density at radius 3 is 2.23 bits per heavy atom. The maximum atomic E-state index is 11.7. The first-order valence-corrected chi connectivity index (χ1v) is 7.19. The lowest BCUT2D eigenvalue weighted by molar-refractivity contribution is -0.394. The molecule has 0 aliphatic rings. The van der Waals surface area contributed by atoms with Crippen LogP contribution in [0.15, 0.2) is 12.1 Å². The molecule has 1 rings (SSSR count). The summed E-state index contributed by atoms with van der Waals surface area (Å²) in [4.78, 5) is 42.9. The number of nitrogens with one attached hydrogen (secondary N) is 1. The third-order valence-corrected chi connectivity index (χ3v) is 2.97. The predicted octanol–water partition coefficient (Wildman–Crippen LogP) is 1.73. The second kappa shape index (κ2) is 7.63. The molecule has 0 bridgehead atoms. The summed E-state index contributed by atoms with van der Waals surface area (Å²) in [6, 6.07) is -0.289. The number of rotatable bonds is 6. The molecule has 0 aliphatic carbocycles. The molecule has 12 nitrogen and oxygen atoms in total. The van der Waals surface area contributed by atoms with Gasteiger partial charge in [0.15, 0.2) is 5.75 Å². The minimum Gasteiger partial charge on any atom is -0.502 e. The lowest BCUT2D eigenvalue weighted by Crippen LogP contribution is -2.44. The van der Waals surface area contributed by atoms with E-state index in [1.807, 2.05) is 5.32 Å². The van der Waals surface area contributed by atoms with Gasteiger partial charge in [0.2, 0.25) is 0 Å². The molecular formula is C14H17N3O9. The molecule has 0 aromatic heterocycles. The van der Waals surface area contributed by atoms with Crippen LogP contribution in [0.3, 0.4) is 0 Å². The van der Waals surface area contributed by atoms with Crippen LogP contribution in [0.1, 0.15) is 26.3 Å². The molecule has 0 unspecified atom stereocenters. The maximum absolute atomic E-state index is 11.7. The van der Waals surface area contributed by atoms with Crippen LogP contribution in [0, 0.1) is 20.2 Å². The van der Waals surface area contributed by atoms with Crippen molar-refractivity contribution in [2.24, 2.45) is 0 Å². The van der Waals surface area contributed by atoms with Crippen molar-refractivity contribution < 1.29 is 34.4 Å². The molecule has 12 heteroatoms. The van der Waals surface area contributed by atoms with Gasteiger partial charge < -0.3 is 20.3 Å². The number of carbonyl (C=O) groups excluding carboxylic acids is 1. The van der Waals surface area contributed by atoms with E-state index in [4.69, 9.17) is 4.74 Å². The highest BCUT2D eigenvalue weighted by molar-refractivity contribution is 5.80. The first-order valence-electron chi connectivity index (χ1n) is 7.19. The number of non-ortho nitro benzene ring substituents is 1. The summed E-state index contributed by atoms with van der Waals surface area (Å²) in [6.45, 7) is 4.66. The standard InChI is InChI=1S/C14H17N3O9/c1-14(2,3)26-13(21)15-9(12(19)20)5-7-4-8(16(22)23)6-10(11(7)18)17(24)25/h4,6,9,18H,5H2,1-3H3,(H,15,21)(H,19,20)/t9-/m1/s1. The van der Waals surface area contributed by atoms with E-state index in [1.165, 1.54) is 0 Å². The van der Waals surface area contributed by atoms with Crippen LogP contribution in [0.25, 0.3) is 0 Å². The SMILES string of the molecule is CC(C)(C)OC(=O)N[C@H](Cc1cc([N+](=O)[O-])cc([N+](=O)[O-])c1O)C(=O)O. The van der Waals surface area contributed by atoms with Crippen molar-refractivity contribution in [3.63, 3.8) is 0 Å². The zero-order chi connectivity index (χ0) is 20.2. The van der Waals surface area contributed by atoms with Crippen LogP contribution < -0.4 is 5.32 Å². The number of ether oxygens (including phenoxy) is 1. The molecule has 0 fully saturated rings. The third-order valence-electron chi connectivity index (χ3n) is 2.97. The summed E-state index contributed by atoms with van der Waals surface area (Å²) in [5.41, 5.74) is -2.93. The minimum atomic E-state index is -1.64. The van der Waals surface area contributed by atoms with E-state index in [9.17, 15) is 40.0 Å². The van der Waals surface area contributed by atoms with Crippen molar-refractivity contribution in [1.82, 2.24) is 5.32 Å². The molecule has 3 N–H and O–H groups in total. The summed E-state index contributed by atoms with van der Waals surface area (Å²) in [5.74, 6) is -2.44. The van der Waals surface area contributed by atoms with Crippen LogP contribution in [0.5, 0.6) is 5.75 Å². The number of carboxylic acids is 1. The zero-order valence-electron chi connectivity index (χ0n) is 14.1. The molecule has 1 aromatic rings. The van der Waals surface area contributed by atoms with Crippen LogP contribution in [0.2, 0.25) is 0 Å². The molecule has 1 aromatic carbocycles. The van der Waals surface area contributed by atoms with Gasteiger partial charge in [-0.3, -0.25) is 20.2 Å². The van der Waals surface area contributed by atoms with Crippen molar-refractivity contribution >= 4 is 23.4 Å². The van der Waals surface area contributed by atoms with E-state index in [2.05, 4.69) is 0 Å². The molecule has 0 saturated heterocycles. The number of nitro groups is 2. The lowest BCUT2D eigenvalue weighted by Gasteiger charge is -2.22. The van der Waals surface area contributed by atoms with Crippen LogP contribution in [-0.2, 0) is 16.0 Å². The Bertz CT molecular complexity index is 755. The Morgan fingerprint density at radius 1 is 1.23 bits per heavy atom. The second-order valence-electron chi connectivity index (χ2n) is 6.23. The average molecular weight is 371 g/mol. The van der Waals surface area contributed by atoms with Crippen molar-refractivity contribution in [2.45, 2.75) is 38.8 Å². The molecule has 0 saturated carbocycles. The number of hydrogen-bond acceptors (Lipinski definition) is 8. The monoisotopic (exact) mass is 371 g/mol. The Labute approximate surface area is 146 Å². The van der Waals surface area contributed by atoms with Crippen LogP contribution in [-0.4, -0.2) is 43.8 Å². The quantitative estimate of drug-likeness (QED) is 0.495. The summed E-state index contributed by atoms with van der Waals surface area (Å²) in [7, 11) is 0. The van der Waals surface area contributed by atoms with Crippen molar-refractivity contribution in [1.29, 1.82) is 0 Å². The fourth-order valence-electron chi connectivity index (χ4n) is 1.93. The molecule has 0 spiro atoms. The fraction of sp³-hybridized carbons (Fsp3) is 0.429. The van der Waals surface area contributed by atoms with Gasteiger partial charge in [-0.25, -0.2) is 9.59 Å². The number of alkyl carbamates (subject to hydrolysis) is 1. The maximum Gasteiger partial charge on any atom is 0.408 e. The molecule has 0 heterocycles. The van der Waals surface area contributed by atoms with E-state index in [0.717, 1.165) is 6.07 Å². The van der Waals surface area contributed by atoms with Gasteiger partial charge in [0, 0.05) is 18.1 Å². The average Bonchev–Trinajstić information content (AvgIpc) is 2.45. The van der Waals surface area contributed by atoms with Crippen LogP contribution in [0.4, 0.5) is 16.2 Å². The second-order valence-corrected chi connectivity index (χ2v) is 6.23. The predicted molar refractivity (Wildman–Crippen MR) is 85.9 cm³/mol. The molecule has 26 heavy (non-hydrogen) atoms. The van der Waals surface area contributed by atoms with E-state index < -0.39 is 57.1 Å². The summed E-state index contributed by atoms with van der Waals surface area (Å²) in [5, 5.41) is 43.0. The number of benzene rings is 1. The van der Waals surface area contributed by atoms with E-state index in [0.29, 0.717) is 6.07 Å². The van der Waals surface area contributed by atoms with Gasteiger partial charge in [-0.15, -0.1) is 0 Å². The first kappa shape index (κ1) is 20.6. The number of carbonyl (C=O) groups is 2. The van der Waals surface area contributed by atoms with Gasteiger partial charge in [0.1, 0.15) is 11.6 Å². The topological polar surface area (TPSA) is 182 Å². The van der Waals surface area contributed by atoms with E-state index in [1.54, 1.807) is 20.8 Å². The summed E-state index contributed by atoms with van der Waals surface area (Å²) < 4.78 is 4.92. The fourth-order valence-corrected chi connectivity index (χ4v) is 1.93. The molecular weight excluding hydrogens is 354 g/mol. The number of nitrogens with zero attached hydrogens (tertiary/aromatic N) is 2. The number of phenols is 1. The number of aliphatic carboxylic acids is 1. The Hall–Kier alpha value is -3.44. The largest absolute Gasteiger partial charge is 0.502 e. The van der Waals surface area contributed by atoms with Gasteiger partial charge in [0.05, 0.1) is 15.9 Å². The Balaban J connectivity index is 3.19. The molecule has 1 amide bonds. The zero-order valence-corrected chi connectivity index (χ0v) is 14.1. The van der Waals surface area contributed by atoms with Crippen molar-refractivity contribution in [2.75, 3.05) is 0 Å². The van der Waals surface area contributed by atoms with Crippen molar-refractivity contribution in [3.05, 3.63) is 37.9 Å². The smallest absolute Gasteiger partial charge is 0.408 e. The number of hydrogen-bond donors (Lipinski definition) is 3. The highest BCUT2D eigenvalue weighted by Gasteiger charge is 2.29. The Morgan fingerprint density at radius 2 is 1.81 bits per heavy atom. The number of carboxylic acid groups (broad SMARTS) is 1. The van der Waals surface area contributed by atoms with Gasteiger partial charge in [-0.05, 0) is 20.8 Å². The highest BCUT2D eigenvalue weighted by atomic mass is 16.6. The molecule has 1 atom stereocenters. The third kappa shape index (κ3) is 5.58. The summed E-state index contributed by atoms with van der Waals surface area (Å²) >= 11 is 0. The first-order chi connectivity index (χ1) is 11.8. The summed E-state index contributed by atoms with van der Waals surface area (Å²) in [6.07, 6.45) is -1.70. The number of nitro benzene ring substituents is 2. The van der Waals surface area contributed by atoms with Crippen LogP contribution >= 0.6 is 0 Å². The number of phenolic OH excluding ortho intramolecular Hbond substituents is 1. The van der Waals surface area contributed by atoms with Gasteiger partial charge in [-0.1, -0.05) is 0 Å². The molecule has 0 aliphatic heterocycles. The molecule has 0 radical (unpaired) electrons. The van der Waals surface area contributed by atoms with Gasteiger partial charge in [-0.2, -0.15) is 0 Å². The lowest BCUT2D eigenvalue weighted by atomic mass is 10.0. The van der Waals surface area contributed by atoms with E-state index >= 15 is 0 Å². The van der Waals surface area contributed by atoms with Crippen molar-refractivity contribution in [3.8, 4) is 5.75 Å².